The SMILES string of the molecule is C=Cc1sc(NC(=O)Cc2csc(NC(=O)c3ccccc3)n2)nc1/C=C\C. The number of hydrogen-bond donors (Lipinski definition) is 2. The van der Waals surface area contributed by atoms with Crippen LogP contribution in [0.1, 0.15) is 33.5 Å². The standard InChI is InChI=1S/C20H18N4O2S2/c1-3-8-15-16(4-2)28-20(22-15)23-17(25)11-14-12-27-19(21-14)24-18(26)13-9-6-5-7-10-13/h3-10,12H,2,11H2,1H3,(H,21,24,26)(H,22,23,25)/b8-3-. The highest BCUT2D eigenvalue weighted by Crippen LogP contribution is 2.25. The van der Waals surface area contributed by atoms with Gasteiger partial charge < -0.3 is 5.32 Å². The molecule has 1 aromatic carbocycles. The van der Waals surface area contributed by atoms with Gasteiger partial charge in [0.25, 0.3) is 5.91 Å². The Hall–Kier alpha value is -3.10. The van der Waals surface area contributed by atoms with Crippen molar-refractivity contribution in [1.29, 1.82) is 0 Å². The van der Waals surface area contributed by atoms with Gasteiger partial charge >= 0.3 is 0 Å². The molecule has 2 aromatic heterocycles. The van der Waals surface area contributed by atoms with E-state index in [1.54, 1.807) is 35.7 Å². The summed E-state index contributed by atoms with van der Waals surface area (Å²) in [4.78, 5) is 34.0. The van der Waals surface area contributed by atoms with Gasteiger partial charge in [-0.15, -0.1) is 11.3 Å². The number of aromatic nitrogens is 2. The predicted molar refractivity (Wildman–Crippen MR) is 116 cm³/mol. The molecule has 28 heavy (non-hydrogen) atoms. The van der Waals surface area contributed by atoms with E-state index in [-0.39, 0.29) is 18.2 Å². The summed E-state index contributed by atoms with van der Waals surface area (Å²) < 4.78 is 0. The molecule has 0 radical (unpaired) electrons. The Morgan fingerprint density at radius 3 is 2.64 bits per heavy atom. The van der Waals surface area contributed by atoms with Gasteiger partial charge in [-0.1, -0.05) is 42.2 Å². The van der Waals surface area contributed by atoms with Gasteiger partial charge in [-0.25, -0.2) is 9.97 Å². The Kier molecular flexibility index (Phi) is 6.46. The van der Waals surface area contributed by atoms with E-state index in [0.29, 0.717) is 21.5 Å². The zero-order chi connectivity index (χ0) is 19.9. The Labute approximate surface area is 170 Å². The molecule has 2 amide bonds. The van der Waals surface area contributed by atoms with Gasteiger partial charge in [-0.2, -0.15) is 0 Å². The monoisotopic (exact) mass is 410 g/mol. The number of benzene rings is 1. The number of hydrogen-bond acceptors (Lipinski definition) is 6. The summed E-state index contributed by atoms with van der Waals surface area (Å²) >= 11 is 2.64. The van der Waals surface area contributed by atoms with Crippen LogP contribution >= 0.6 is 22.7 Å². The van der Waals surface area contributed by atoms with Gasteiger partial charge in [-0.3, -0.25) is 14.9 Å². The second-order valence-electron chi connectivity index (χ2n) is 5.66. The highest BCUT2D eigenvalue weighted by Gasteiger charge is 2.13. The van der Waals surface area contributed by atoms with Crippen molar-refractivity contribution in [2.24, 2.45) is 0 Å². The summed E-state index contributed by atoms with van der Waals surface area (Å²) in [5.74, 6) is -0.454. The number of allylic oxidation sites excluding steroid dienone is 1. The molecule has 142 valence electrons. The minimum atomic E-state index is -0.234. The number of carbonyl (C=O) groups excluding carboxylic acids is 2. The summed E-state index contributed by atoms with van der Waals surface area (Å²) in [6.07, 6.45) is 5.56. The second kappa shape index (κ2) is 9.20. The summed E-state index contributed by atoms with van der Waals surface area (Å²) in [7, 11) is 0. The van der Waals surface area contributed by atoms with E-state index in [1.807, 2.05) is 25.1 Å². The highest BCUT2D eigenvalue weighted by atomic mass is 32.1. The normalized spacial score (nSPS) is 10.8. The molecule has 0 aliphatic carbocycles. The first-order valence-electron chi connectivity index (χ1n) is 8.45. The fourth-order valence-electron chi connectivity index (χ4n) is 2.35. The molecule has 0 aliphatic heterocycles. The summed E-state index contributed by atoms with van der Waals surface area (Å²) in [5.41, 5.74) is 1.91. The molecule has 0 aliphatic rings. The number of thiazole rings is 2. The molecule has 2 N–H and O–H groups in total. The molecule has 3 aromatic rings. The van der Waals surface area contributed by atoms with E-state index < -0.39 is 0 Å². The van der Waals surface area contributed by atoms with Crippen LogP contribution in [0.3, 0.4) is 0 Å². The van der Waals surface area contributed by atoms with Gasteiger partial charge in [0.05, 0.1) is 22.7 Å². The lowest BCUT2D eigenvalue weighted by Crippen LogP contribution is -2.15. The largest absolute Gasteiger partial charge is 0.302 e. The van der Waals surface area contributed by atoms with Crippen LogP contribution in [0.4, 0.5) is 10.3 Å². The van der Waals surface area contributed by atoms with Crippen molar-refractivity contribution < 1.29 is 9.59 Å². The van der Waals surface area contributed by atoms with Crippen LogP contribution < -0.4 is 10.6 Å². The molecule has 3 rings (SSSR count). The van der Waals surface area contributed by atoms with E-state index in [0.717, 1.165) is 10.6 Å². The number of amides is 2. The molecular formula is C20H18N4O2S2. The minimum Gasteiger partial charge on any atom is -0.302 e. The van der Waals surface area contributed by atoms with Crippen LogP contribution in [0.2, 0.25) is 0 Å². The number of nitrogens with one attached hydrogen (secondary N) is 2. The first-order valence-corrected chi connectivity index (χ1v) is 10.1. The Morgan fingerprint density at radius 1 is 1.14 bits per heavy atom. The quantitative estimate of drug-likeness (QED) is 0.591. The molecule has 0 atom stereocenters. The zero-order valence-electron chi connectivity index (χ0n) is 15.1. The number of carbonyl (C=O) groups is 2. The Bertz CT molecular complexity index is 1020. The molecule has 0 fully saturated rings. The third kappa shape index (κ3) is 4.99. The summed E-state index contributed by atoms with van der Waals surface area (Å²) in [5, 5.41) is 8.25. The van der Waals surface area contributed by atoms with Gasteiger partial charge in [0.2, 0.25) is 5.91 Å². The molecule has 0 saturated carbocycles. The van der Waals surface area contributed by atoms with Crippen LogP contribution in [-0.2, 0) is 11.2 Å². The fourth-order valence-corrected chi connectivity index (χ4v) is 3.88. The van der Waals surface area contributed by atoms with Crippen molar-refractivity contribution in [3.8, 4) is 0 Å². The van der Waals surface area contributed by atoms with Crippen molar-refractivity contribution in [1.82, 2.24) is 9.97 Å². The number of rotatable bonds is 7. The second-order valence-corrected chi connectivity index (χ2v) is 7.55. The smallest absolute Gasteiger partial charge is 0.257 e. The van der Waals surface area contributed by atoms with E-state index in [1.165, 1.54) is 22.7 Å². The fraction of sp³-hybridized carbons (Fsp3) is 0.100. The first-order chi connectivity index (χ1) is 13.6. The van der Waals surface area contributed by atoms with Gasteiger partial charge in [-0.05, 0) is 31.2 Å². The lowest BCUT2D eigenvalue weighted by Gasteiger charge is -2.01. The number of anilines is 2. The average molecular weight is 411 g/mol. The third-order valence-electron chi connectivity index (χ3n) is 3.59. The van der Waals surface area contributed by atoms with Gasteiger partial charge in [0, 0.05) is 10.9 Å². The van der Waals surface area contributed by atoms with Crippen LogP contribution in [0.5, 0.6) is 0 Å². The molecule has 0 spiro atoms. The minimum absolute atomic E-state index is 0.0969. The Balaban J connectivity index is 1.59. The van der Waals surface area contributed by atoms with Crippen LogP contribution in [-0.4, -0.2) is 21.8 Å². The van der Waals surface area contributed by atoms with Crippen molar-refractivity contribution >= 4 is 56.9 Å². The molecule has 0 saturated heterocycles. The zero-order valence-corrected chi connectivity index (χ0v) is 16.8. The van der Waals surface area contributed by atoms with Crippen LogP contribution in [0.25, 0.3) is 12.2 Å². The molecule has 0 unspecified atom stereocenters. The summed E-state index contributed by atoms with van der Waals surface area (Å²) in [6.45, 7) is 5.67. The molecular weight excluding hydrogens is 392 g/mol. The van der Waals surface area contributed by atoms with Gasteiger partial charge in [0.15, 0.2) is 10.3 Å². The molecule has 8 heteroatoms. The number of nitrogens with zero attached hydrogens (tertiary/aromatic N) is 2. The van der Waals surface area contributed by atoms with Crippen molar-refractivity contribution in [2.75, 3.05) is 10.6 Å². The Morgan fingerprint density at radius 2 is 1.93 bits per heavy atom. The maximum absolute atomic E-state index is 12.3. The van der Waals surface area contributed by atoms with E-state index >= 15 is 0 Å². The van der Waals surface area contributed by atoms with Crippen molar-refractivity contribution in [3.63, 3.8) is 0 Å². The maximum Gasteiger partial charge on any atom is 0.257 e. The highest BCUT2D eigenvalue weighted by molar-refractivity contribution is 7.16. The van der Waals surface area contributed by atoms with Gasteiger partial charge in [0.1, 0.15) is 0 Å². The topological polar surface area (TPSA) is 84.0 Å². The average Bonchev–Trinajstić information content (AvgIpc) is 3.29. The van der Waals surface area contributed by atoms with Crippen molar-refractivity contribution in [3.05, 3.63) is 70.2 Å². The first kappa shape index (κ1) is 19.7. The molecule has 2 heterocycles. The van der Waals surface area contributed by atoms with Crippen LogP contribution in [0.15, 0.2) is 48.4 Å². The third-order valence-corrected chi connectivity index (χ3v) is 5.38. The van der Waals surface area contributed by atoms with Crippen LogP contribution in [0, 0.1) is 0 Å². The lowest BCUT2D eigenvalue weighted by molar-refractivity contribution is -0.115. The van der Waals surface area contributed by atoms with E-state index in [9.17, 15) is 9.59 Å². The molecule has 0 bridgehead atoms. The molecule has 6 nitrogen and oxygen atoms in total. The van der Waals surface area contributed by atoms with Crippen molar-refractivity contribution in [2.45, 2.75) is 13.3 Å². The van der Waals surface area contributed by atoms with E-state index in [4.69, 9.17) is 0 Å². The predicted octanol–water partition coefficient (Wildman–Crippen LogP) is 4.71. The lowest BCUT2D eigenvalue weighted by atomic mass is 10.2. The van der Waals surface area contributed by atoms with E-state index in [2.05, 4.69) is 27.2 Å². The maximum atomic E-state index is 12.3. The summed E-state index contributed by atoms with van der Waals surface area (Å²) in [6, 6.07) is 8.89.